The number of alkyl halides is 2. The number of aromatic nitrogens is 6. The van der Waals surface area contributed by atoms with Gasteiger partial charge in [-0.05, 0) is 12.3 Å². The van der Waals surface area contributed by atoms with Gasteiger partial charge in [0.25, 0.3) is 0 Å². The van der Waals surface area contributed by atoms with Crippen LogP contribution in [0, 0.1) is 11.3 Å². The number of hydrogen-bond donors (Lipinski definition) is 3. The molecule has 0 amide bonds. The Hall–Kier alpha value is -3.06. The predicted octanol–water partition coefficient (Wildman–Crippen LogP) is 1.75. The fourth-order valence-electron chi connectivity index (χ4n) is 6.79. The van der Waals surface area contributed by atoms with Crippen LogP contribution in [-0.4, -0.2) is 94.7 Å². The number of ketones is 1. The van der Waals surface area contributed by atoms with Crippen LogP contribution in [0.1, 0.15) is 35.6 Å². The molecule has 18 nitrogen and oxygen atoms in total. The predicted molar refractivity (Wildman–Crippen MR) is 144 cm³/mol. The Morgan fingerprint density at radius 2 is 1.80 bits per heavy atom. The van der Waals surface area contributed by atoms with E-state index in [9.17, 15) is 23.7 Å². The number of halogens is 2. The van der Waals surface area contributed by atoms with Crippen LogP contribution >= 0.6 is 15.6 Å². The van der Waals surface area contributed by atoms with Crippen molar-refractivity contribution < 1.29 is 55.3 Å². The molecule has 11 atom stereocenters. The van der Waals surface area contributed by atoms with E-state index in [4.69, 9.17) is 28.6 Å². The molecule has 2 saturated heterocycles. The van der Waals surface area contributed by atoms with Gasteiger partial charge in [0, 0.05) is 18.1 Å². The minimum absolute atomic E-state index is 0.000646. The number of fused-ring (bicyclic) bond motifs is 3. The average molecular weight is 672 g/mol. The Balaban J connectivity index is 1.10. The molecule has 6 heterocycles. The minimum Gasteiger partial charge on any atom is -0.382 e. The second-order valence-corrected chi connectivity index (χ2v) is 14.2. The standard InChI is InChI=1S/C23H24F2N8O10P2/c24-12-16(32-7-31-15-19(26)28-6-29-21(15)32)9-3-23(9)5-40-45(37,38)42-17-11(4-39-44(35,36)43-18(12)23)41-22(13(17)25)33-8-30-14-10(34)1-2-27-20(14)33/h2,6-9,11-13,16-18,22H,1,3-5H2,(H,35,36)(H,37,38)(H2,26,28,29)/t9-,11-,12+,13-,16-,17-,18+,22-,23?/m1/s1. The maximum Gasteiger partial charge on any atom is 0.472 e. The van der Waals surface area contributed by atoms with E-state index in [-0.39, 0.29) is 47.1 Å². The lowest BCUT2D eigenvalue weighted by Gasteiger charge is -2.30. The van der Waals surface area contributed by atoms with Crippen LogP contribution in [-0.2, 0) is 32.0 Å². The number of hydrogen-bond acceptors (Lipinski definition) is 14. The van der Waals surface area contributed by atoms with Gasteiger partial charge < -0.3 is 24.8 Å². The number of nitrogen functional groups attached to an aromatic ring is 1. The molecule has 4 fully saturated rings. The number of phosphoric ester groups is 2. The molecule has 1 spiro atoms. The van der Waals surface area contributed by atoms with E-state index in [1.807, 2.05) is 0 Å². The first kappa shape index (κ1) is 29.3. The molecule has 0 radical (unpaired) electrons. The van der Waals surface area contributed by atoms with Gasteiger partial charge in [-0.2, -0.15) is 0 Å². The lowest BCUT2D eigenvalue weighted by atomic mass is 10.0. The number of rotatable bonds is 2. The van der Waals surface area contributed by atoms with Crippen LogP contribution in [0.25, 0.3) is 11.2 Å². The molecule has 2 aliphatic carbocycles. The number of nitrogens with zero attached hydrogens (tertiary/aromatic N) is 7. The minimum atomic E-state index is -5.07. The third kappa shape index (κ3) is 4.54. The van der Waals surface area contributed by atoms with Gasteiger partial charge in [0.05, 0.1) is 31.9 Å². The second kappa shape index (κ2) is 9.97. The van der Waals surface area contributed by atoms with Crippen molar-refractivity contribution in [2.24, 2.45) is 16.3 Å². The highest BCUT2D eigenvalue weighted by atomic mass is 31.2. The number of carbonyl (C=O) groups excluding carboxylic acids is 1. The monoisotopic (exact) mass is 672 g/mol. The molecule has 3 aromatic heterocycles. The van der Waals surface area contributed by atoms with Crippen molar-refractivity contribution in [2.45, 2.75) is 55.8 Å². The zero-order valence-corrected chi connectivity index (χ0v) is 24.6. The molecule has 3 aliphatic heterocycles. The number of aliphatic imine (C=N–C) groups is 1. The third-order valence-electron chi connectivity index (χ3n) is 8.94. The van der Waals surface area contributed by atoms with Gasteiger partial charge in [-0.25, -0.2) is 42.8 Å². The Morgan fingerprint density at radius 3 is 2.62 bits per heavy atom. The number of anilines is 1. The highest BCUT2D eigenvalue weighted by Gasteiger charge is 2.75. The first-order chi connectivity index (χ1) is 21.4. The summed E-state index contributed by atoms with van der Waals surface area (Å²) in [5.74, 6) is -0.941. The second-order valence-electron chi connectivity index (χ2n) is 11.4. The fraction of sp³-hybridized carbons (Fsp3) is 0.565. The highest BCUT2D eigenvalue weighted by Crippen LogP contribution is 2.72. The van der Waals surface area contributed by atoms with Gasteiger partial charge in [-0.15, -0.1) is 0 Å². The van der Waals surface area contributed by atoms with Crippen molar-refractivity contribution in [3.8, 4) is 0 Å². The smallest absolute Gasteiger partial charge is 0.382 e. The molecule has 45 heavy (non-hydrogen) atoms. The van der Waals surface area contributed by atoms with Crippen molar-refractivity contribution in [1.29, 1.82) is 0 Å². The number of carbonyl (C=O) groups is 1. The molecule has 8 rings (SSSR count). The summed E-state index contributed by atoms with van der Waals surface area (Å²) in [6, 6.07) is -1.05. The van der Waals surface area contributed by atoms with E-state index >= 15 is 8.78 Å². The molecule has 240 valence electrons. The average Bonchev–Trinajstić information content (AvgIpc) is 3.27. The molecule has 3 unspecified atom stereocenters. The molecule has 3 aromatic rings. The Labute approximate surface area is 250 Å². The van der Waals surface area contributed by atoms with Crippen LogP contribution in [0.2, 0.25) is 0 Å². The topological polar surface area (TPSA) is 238 Å². The Kier molecular flexibility index (Phi) is 6.50. The SMILES string of the molecule is Nc1ncnc2c1ncn2[C@H]1[C@H](F)[C@@H]2OP(=O)(O)OC[C@H]3O[C@@H](n4cnc5c4N=CCC5=O)[C@H](F)[C@@H]3OP(=O)(O)OCC23C[C@H]13. The summed E-state index contributed by atoms with van der Waals surface area (Å²) in [6.07, 6.45) is -5.75. The zero-order chi connectivity index (χ0) is 31.5. The summed E-state index contributed by atoms with van der Waals surface area (Å²) in [6.45, 7) is -1.53. The molecular weight excluding hydrogens is 648 g/mol. The van der Waals surface area contributed by atoms with Gasteiger partial charge in [-0.3, -0.25) is 27.5 Å². The van der Waals surface area contributed by atoms with Crippen molar-refractivity contribution >= 4 is 50.4 Å². The maximum atomic E-state index is 16.2. The molecule has 2 saturated carbocycles. The molecule has 22 heteroatoms. The van der Waals surface area contributed by atoms with E-state index in [2.05, 4.69) is 24.9 Å². The largest absolute Gasteiger partial charge is 0.472 e. The lowest BCUT2D eigenvalue weighted by molar-refractivity contribution is -0.0595. The van der Waals surface area contributed by atoms with Crippen molar-refractivity contribution in [3.63, 3.8) is 0 Å². The maximum absolute atomic E-state index is 16.2. The quantitative estimate of drug-likeness (QED) is 0.329. The molecule has 4 N–H and O–H groups in total. The van der Waals surface area contributed by atoms with Gasteiger partial charge in [-0.1, -0.05) is 0 Å². The van der Waals surface area contributed by atoms with Crippen LogP contribution in [0.3, 0.4) is 0 Å². The van der Waals surface area contributed by atoms with E-state index in [1.165, 1.54) is 23.4 Å². The first-order valence-corrected chi connectivity index (χ1v) is 16.7. The van der Waals surface area contributed by atoms with E-state index in [1.54, 1.807) is 0 Å². The van der Waals surface area contributed by atoms with Crippen LogP contribution < -0.4 is 5.73 Å². The number of imidazole rings is 2. The van der Waals surface area contributed by atoms with Crippen molar-refractivity contribution in [3.05, 3.63) is 24.7 Å². The molecule has 5 aliphatic rings. The van der Waals surface area contributed by atoms with E-state index in [0.29, 0.717) is 0 Å². The first-order valence-electron chi connectivity index (χ1n) is 13.7. The number of Topliss-reactive ketones (excluding diaryl/α,β-unsaturated/α-hetero) is 1. The Bertz CT molecular complexity index is 1860. The van der Waals surface area contributed by atoms with Gasteiger partial charge in [0.1, 0.15) is 36.3 Å². The number of ether oxygens (including phenoxy) is 1. The van der Waals surface area contributed by atoms with Crippen LogP contribution in [0.5, 0.6) is 0 Å². The fourth-order valence-corrected chi connectivity index (χ4v) is 8.82. The third-order valence-corrected chi connectivity index (χ3v) is 10.9. The van der Waals surface area contributed by atoms with Gasteiger partial charge >= 0.3 is 15.6 Å². The summed E-state index contributed by atoms with van der Waals surface area (Å²) in [5.41, 5.74) is 4.90. The van der Waals surface area contributed by atoms with Gasteiger partial charge in [0.15, 0.2) is 41.2 Å². The van der Waals surface area contributed by atoms with Gasteiger partial charge in [0.2, 0.25) is 0 Å². The summed E-state index contributed by atoms with van der Waals surface area (Å²) >= 11 is 0. The number of phosphoric acid groups is 2. The Morgan fingerprint density at radius 1 is 1.02 bits per heavy atom. The van der Waals surface area contributed by atoms with E-state index < -0.39 is 83.1 Å². The molecule has 0 bridgehead atoms. The lowest BCUT2D eigenvalue weighted by Crippen LogP contribution is -2.38. The summed E-state index contributed by atoms with van der Waals surface area (Å²) in [7, 11) is -10.1. The zero-order valence-electron chi connectivity index (χ0n) is 22.8. The van der Waals surface area contributed by atoms with Crippen molar-refractivity contribution in [2.75, 3.05) is 18.9 Å². The summed E-state index contributed by atoms with van der Waals surface area (Å²) < 4.78 is 87.8. The van der Waals surface area contributed by atoms with Crippen LogP contribution in [0.15, 0.2) is 24.0 Å². The summed E-state index contributed by atoms with van der Waals surface area (Å²) in [4.78, 5) is 53.8. The van der Waals surface area contributed by atoms with Crippen LogP contribution in [0.4, 0.5) is 20.4 Å². The van der Waals surface area contributed by atoms with E-state index in [0.717, 1.165) is 10.9 Å². The van der Waals surface area contributed by atoms with Crippen molar-refractivity contribution in [1.82, 2.24) is 29.1 Å². The normalized spacial score (nSPS) is 42.8. The highest BCUT2D eigenvalue weighted by molar-refractivity contribution is 7.47. The number of nitrogens with two attached hydrogens (primary N) is 1. The molecular formula is C23H24F2N8O10P2. The summed E-state index contributed by atoms with van der Waals surface area (Å²) in [5, 5.41) is 0. The molecule has 0 aromatic carbocycles.